The zero-order valence-corrected chi connectivity index (χ0v) is 12.1. The minimum atomic E-state index is -3.74. The number of hydrogen-bond donors (Lipinski definition) is 3. The highest BCUT2D eigenvalue weighted by Crippen LogP contribution is 2.24. The van der Waals surface area contributed by atoms with Crippen LogP contribution in [0.3, 0.4) is 0 Å². The van der Waals surface area contributed by atoms with Crippen LogP contribution >= 0.6 is 11.3 Å². The van der Waals surface area contributed by atoms with Crippen LogP contribution in [0.5, 0.6) is 0 Å². The van der Waals surface area contributed by atoms with Crippen LogP contribution in [-0.4, -0.2) is 37.6 Å². The number of nitrogens with two attached hydrogens (primary N) is 1. The van der Waals surface area contributed by atoms with Gasteiger partial charge in [0.1, 0.15) is 0 Å². The van der Waals surface area contributed by atoms with Crippen molar-refractivity contribution in [1.82, 2.24) is 14.1 Å². The maximum atomic E-state index is 12.4. The minimum Gasteiger partial charge on any atom is -0.383 e. The second kappa shape index (κ2) is 5.43. The summed E-state index contributed by atoms with van der Waals surface area (Å²) in [6.45, 7) is 1.98. The van der Waals surface area contributed by atoms with Crippen molar-refractivity contribution in [2.45, 2.75) is 18.0 Å². The zero-order valence-electron chi connectivity index (χ0n) is 10.5. The first-order valence-corrected chi connectivity index (χ1v) is 7.79. The lowest BCUT2D eigenvalue weighted by Gasteiger charge is -2.13. The molecule has 0 radical (unpaired) electrons. The number of rotatable bonds is 6. The van der Waals surface area contributed by atoms with Gasteiger partial charge in [-0.05, 0) is 6.92 Å². The zero-order chi connectivity index (χ0) is 14.0. The lowest BCUT2D eigenvalue weighted by molar-refractivity contribution is 0.180. The number of aromatic nitrogens is 2. The van der Waals surface area contributed by atoms with Crippen molar-refractivity contribution in [1.29, 1.82) is 0 Å². The quantitative estimate of drug-likeness (QED) is 0.511. The molecule has 2 aromatic rings. The first-order valence-electron chi connectivity index (χ1n) is 5.43. The van der Waals surface area contributed by atoms with Crippen molar-refractivity contribution < 1.29 is 13.2 Å². The van der Waals surface area contributed by atoms with Gasteiger partial charge in [0.2, 0.25) is 5.03 Å². The van der Waals surface area contributed by atoms with Gasteiger partial charge in [-0.1, -0.05) is 0 Å². The van der Waals surface area contributed by atoms with E-state index in [2.05, 4.69) is 15.1 Å². The molecule has 1 atom stereocenters. The summed E-state index contributed by atoms with van der Waals surface area (Å²) in [6, 6.07) is -0.357. The molecule has 0 amide bonds. The third-order valence-electron chi connectivity index (χ3n) is 2.38. The maximum absolute atomic E-state index is 12.4. The van der Waals surface area contributed by atoms with Crippen molar-refractivity contribution in [3.05, 3.63) is 11.6 Å². The number of hydrazine groups is 1. The molecule has 0 aliphatic rings. The molecule has 0 aromatic carbocycles. The fourth-order valence-electron chi connectivity index (χ4n) is 1.72. The summed E-state index contributed by atoms with van der Waals surface area (Å²) in [4.78, 5) is 4.65. The first-order chi connectivity index (χ1) is 8.99. The summed E-state index contributed by atoms with van der Waals surface area (Å²) in [7, 11) is -2.24. The van der Waals surface area contributed by atoms with E-state index in [-0.39, 0.29) is 23.5 Å². The van der Waals surface area contributed by atoms with Crippen molar-refractivity contribution in [2.75, 3.05) is 19.1 Å². The molecule has 19 heavy (non-hydrogen) atoms. The standard InChI is InChI=1S/C9H15N5O3S2/c1-6(5-17-2)13-19(15,16)8-7(12-10)11-9-14(8)3-4-18-9/h3-4,6,12-13H,5,10H2,1-2H3. The second-order valence-corrected chi connectivity index (χ2v) is 6.45. The summed E-state index contributed by atoms with van der Waals surface area (Å²) < 4.78 is 33.6. The number of hydrogen-bond acceptors (Lipinski definition) is 7. The molecule has 106 valence electrons. The molecule has 0 saturated heterocycles. The van der Waals surface area contributed by atoms with Crippen LogP contribution in [0.15, 0.2) is 16.6 Å². The smallest absolute Gasteiger partial charge is 0.260 e. The van der Waals surface area contributed by atoms with E-state index in [1.54, 1.807) is 18.5 Å². The first kappa shape index (κ1) is 14.2. The van der Waals surface area contributed by atoms with E-state index >= 15 is 0 Å². The number of thiazole rings is 1. The van der Waals surface area contributed by atoms with Crippen LogP contribution in [0, 0.1) is 0 Å². The summed E-state index contributed by atoms with van der Waals surface area (Å²) in [6.07, 6.45) is 1.63. The molecule has 0 saturated carbocycles. The molecule has 1 unspecified atom stereocenters. The molecule has 0 aliphatic carbocycles. The lowest BCUT2D eigenvalue weighted by Crippen LogP contribution is -2.36. The molecule has 2 rings (SSSR count). The molecule has 10 heteroatoms. The van der Waals surface area contributed by atoms with Gasteiger partial charge < -0.3 is 10.2 Å². The van der Waals surface area contributed by atoms with Crippen LogP contribution in [0.4, 0.5) is 5.82 Å². The van der Waals surface area contributed by atoms with Gasteiger partial charge in [-0.25, -0.2) is 19.0 Å². The number of nitrogen functional groups attached to an aromatic ring is 1. The Morgan fingerprint density at radius 3 is 3.00 bits per heavy atom. The van der Waals surface area contributed by atoms with E-state index in [0.29, 0.717) is 4.96 Å². The maximum Gasteiger partial charge on any atom is 0.260 e. The Labute approximate surface area is 114 Å². The van der Waals surface area contributed by atoms with Crippen molar-refractivity contribution in [3.63, 3.8) is 0 Å². The van der Waals surface area contributed by atoms with Crippen molar-refractivity contribution in [3.8, 4) is 0 Å². The number of nitrogens with zero attached hydrogens (tertiary/aromatic N) is 2. The minimum absolute atomic E-state index is 0.00537. The highest BCUT2D eigenvalue weighted by Gasteiger charge is 2.27. The number of imidazole rings is 1. The van der Waals surface area contributed by atoms with Crippen molar-refractivity contribution in [2.24, 2.45) is 5.84 Å². The van der Waals surface area contributed by atoms with Gasteiger partial charge >= 0.3 is 0 Å². The Bertz CT molecular complexity index is 662. The third-order valence-corrected chi connectivity index (χ3v) is 4.75. The third kappa shape index (κ3) is 2.72. The fraction of sp³-hybridized carbons (Fsp3) is 0.444. The number of ether oxygens (including phenoxy) is 1. The van der Waals surface area contributed by atoms with Gasteiger partial charge in [0.15, 0.2) is 10.8 Å². The monoisotopic (exact) mass is 305 g/mol. The predicted molar refractivity (Wildman–Crippen MR) is 72.5 cm³/mol. The van der Waals surface area contributed by atoms with Gasteiger partial charge in [-0.15, -0.1) is 11.3 Å². The van der Waals surface area contributed by atoms with Crippen LogP contribution in [-0.2, 0) is 14.8 Å². The highest BCUT2D eigenvalue weighted by atomic mass is 32.2. The summed E-state index contributed by atoms with van der Waals surface area (Å²) in [5.41, 5.74) is 2.31. The van der Waals surface area contributed by atoms with Gasteiger partial charge in [0.25, 0.3) is 10.0 Å². The van der Waals surface area contributed by atoms with E-state index in [1.165, 1.54) is 22.8 Å². The molecule has 0 fully saturated rings. The second-order valence-electron chi connectivity index (χ2n) is 3.94. The summed E-state index contributed by atoms with van der Waals surface area (Å²) >= 11 is 1.32. The van der Waals surface area contributed by atoms with E-state index < -0.39 is 10.0 Å². The lowest BCUT2D eigenvalue weighted by atomic mass is 10.4. The van der Waals surface area contributed by atoms with Gasteiger partial charge in [0, 0.05) is 24.7 Å². The molecular formula is C9H15N5O3S2. The Hall–Kier alpha value is -1.20. The van der Waals surface area contributed by atoms with Crippen LogP contribution < -0.4 is 16.0 Å². The summed E-state index contributed by atoms with van der Waals surface area (Å²) in [5.74, 6) is 5.44. The van der Waals surface area contributed by atoms with Gasteiger partial charge in [0.05, 0.1) is 6.61 Å². The fourth-order valence-corrected chi connectivity index (χ4v) is 3.97. The molecule has 2 aromatic heterocycles. The SMILES string of the molecule is COCC(C)NS(=O)(=O)c1c(NN)nc2sccn12. The van der Waals surface area contributed by atoms with Gasteiger partial charge in [-0.3, -0.25) is 4.40 Å². The summed E-state index contributed by atoms with van der Waals surface area (Å²) in [5, 5.41) is 1.74. The largest absolute Gasteiger partial charge is 0.383 e. The van der Waals surface area contributed by atoms with Crippen LogP contribution in [0.25, 0.3) is 4.96 Å². The number of sulfonamides is 1. The highest BCUT2D eigenvalue weighted by molar-refractivity contribution is 7.89. The topological polar surface area (TPSA) is 111 Å². The molecule has 0 aliphatic heterocycles. The molecule has 8 nitrogen and oxygen atoms in total. The normalized spacial score (nSPS) is 13.8. The van der Waals surface area contributed by atoms with E-state index in [4.69, 9.17) is 10.6 Å². The Morgan fingerprint density at radius 2 is 2.37 bits per heavy atom. The van der Waals surface area contributed by atoms with E-state index in [9.17, 15) is 8.42 Å². The molecule has 4 N–H and O–H groups in total. The average Bonchev–Trinajstić information content (AvgIpc) is 2.86. The van der Waals surface area contributed by atoms with E-state index in [0.717, 1.165) is 0 Å². The molecule has 2 heterocycles. The Kier molecular flexibility index (Phi) is 4.06. The number of methoxy groups -OCH3 is 1. The molecule has 0 bridgehead atoms. The number of anilines is 1. The van der Waals surface area contributed by atoms with E-state index in [1.807, 2.05) is 0 Å². The molecule has 0 spiro atoms. The predicted octanol–water partition coefficient (Wildman–Crippen LogP) is -0.00540. The van der Waals surface area contributed by atoms with Crippen LogP contribution in [0.1, 0.15) is 6.92 Å². The van der Waals surface area contributed by atoms with Crippen LogP contribution in [0.2, 0.25) is 0 Å². The Balaban J connectivity index is 2.44. The molecular weight excluding hydrogens is 290 g/mol. The Morgan fingerprint density at radius 1 is 1.63 bits per heavy atom. The van der Waals surface area contributed by atoms with Crippen molar-refractivity contribution >= 4 is 32.1 Å². The number of nitrogens with one attached hydrogen (secondary N) is 2. The average molecular weight is 305 g/mol. The number of fused-ring (bicyclic) bond motifs is 1. The van der Waals surface area contributed by atoms with Gasteiger partial charge in [-0.2, -0.15) is 4.98 Å².